The number of ether oxygens (including phenoxy) is 2. The van der Waals surface area contributed by atoms with Crippen molar-refractivity contribution in [2.45, 2.75) is 20.1 Å². The van der Waals surface area contributed by atoms with Crippen molar-refractivity contribution in [3.63, 3.8) is 0 Å². The van der Waals surface area contributed by atoms with Crippen molar-refractivity contribution < 1.29 is 14.3 Å². The zero-order chi connectivity index (χ0) is 14.3. The van der Waals surface area contributed by atoms with E-state index < -0.39 is 6.29 Å². The first kappa shape index (κ1) is 15.9. The lowest BCUT2D eigenvalue weighted by atomic mass is 10.1. The van der Waals surface area contributed by atoms with Crippen molar-refractivity contribution in [1.82, 2.24) is 5.32 Å². The lowest BCUT2D eigenvalue weighted by Crippen LogP contribution is -2.35. The van der Waals surface area contributed by atoms with Crippen LogP contribution in [0.1, 0.15) is 24.2 Å². The summed E-state index contributed by atoms with van der Waals surface area (Å²) in [6.07, 6.45) is -0.435. The van der Waals surface area contributed by atoms with Crippen LogP contribution in [0.2, 0.25) is 0 Å². The van der Waals surface area contributed by atoms with Crippen LogP contribution in [-0.2, 0) is 9.47 Å². The number of benzene rings is 1. The molecule has 0 unspecified atom stereocenters. The van der Waals surface area contributed by atoms with Crippen LogP contribution >= 0.6 is 15.9 Å². The van der Waals surface area contributed by atoms with Gasteiger partial charge >= 0.3 is 0 Å². The molecule has 0 aliphatic carbocycles. The van der Waals surface area contributed by atoms with Gasteiger partial charge in [-0.2, -0.15) is 0 Å². The zero-order valence-electron chi connectivity index (χ0n) is 11.1. The van der Waals surface area contributed by atoms with Gasteiger partial charge in [0.2, 0.25) is 0 Å². The van der Waals surface area contributed by atoms with Gasteiger partial charge in [0.1, 0.15) is 0 Å². The predicted molar refractivity (Wildman–Crippen MR) is 77.9 cm³/mol. The molecule has 5 nitrogen and oxygen atoms in total. The van der Waals surface area contributed by atoms with Crippen LogP contribution < -0.4 is 11.1 Å². The fourth-order valence-electron chi connectivity index (χ4n) is 1.55. The van der Waals surface area contributed by atoms with E-state index in [1.807, 2.05) is 13.8 Å². The van der Waals surface area contributed by atoms with E-state index in [1.165, 1.54) is 0 Å². The largest absolute Gasteiger partial charge is 0.398 e. The van der Waals surface area contributed by atoms with Crippen LogP contribution in [0.25, 0.3) is 0 Å². The molecule has 3 N–H and O–H groups in total. The summed E-state index contributed by atoms with van der Waals surface area (Å²) in [4.78, 5) is 12.0. The Morgan fingerprint density at radius 3 is 2.53 bits per heavy atom. The first-order valence-corrected chi connectivity index (χ1v) is 6.94. The number of halogens is 1. The van der Waals surface area contributed by atoms with Crippen LogP contribution in [0.3, 0.4) is 0 Å². The summed E-state index contributed by atoms with van der Waals surface area (Å²) in [5, 5.41) is 2.74. The standard InChI is InChI=1S/C13H19BrN2O3/c1-3-18-12(19-4-2)8-16-13(17)10-6-5-9(14)7-11(10)15/h5-7,12H,3-4,8,15H2,1-2H3,(H,16,17). The first-order valence-electron chi connectivity index (χ1n) is 6.14. The number of nitrogens with one attached hydrogen (secondary N) is 1. The first-order chi connectivity index (χ1) is 9.08. The summed E-state index contributed by atoms with van der Waals surface area (Å²) in [5.74, 6) is -0.241. The Morgan fingerprint density at radius 2 is 2.00 bits per heavy atom. The number of carbonyl (C=O) groups is 1. The lowest BCUT2D eigenvalue weighted by Gasteiger charge is -2.17. The summed E-state index contributed by atoms with van der Waals surface area (Å²) in [7, 11) is 0. The van der Waals surface area contributed by atoms with Crippen molar-refractivity contribution in [3.05, 3.63) is 28.2 Å². The summed E-state index contributed by atoms with van der Waals surface area (Å²) in [5.41, 5.74) is 6.66. The minimum Gasteiger partial charge on any atom is -0.398 e. The van der Waals surface area contributed by atoms with Crippen LogP contribution in [0.4, 0.5) is 5.69 Å². The Kier molecular flexibility index (Phi) is 6.83. The average molecular weight is 331 g/mol. The van der Waals surface area contributed by atoms with Crippen LogP contribution in [-0.4, -0.2) is 32.0 Å². The predicted octanol–water partition coefficient (Wildman–Crippen LogP) is 2.16. The van der Waals surface area contributed by atoms with Gasteiger partial charge in [-0.3, -0.25) is 4.79 Å². The summed E-state index contributed by atoms with van der Waals surface area (Å²) >= 11 is 3.30. The molecule has 0 aliphatic heterocycles. The van der Waals surface area contributed by atoms with Gasteiger partial charge in [0, 0.05) is 23.4 Å². The molecule has 0 atom stereocenters. The molecule has 0 saturated heterocycles. The normalized spacial score (nSPS) is 10.7. The highest BCUT2D eigenvalue weighted by atomic mass is 79.9. The Labute approximate surface area is 121 Å². The molecule has 106 valence electrons. The highest BCUT2D eigenvalue weighted by molar-refractivity contribution is 9.10. The fraction of sp³-hybridized carbons (Fsp3) is 0.462. The Hall–Kier alpha value is -1.11. The number of nitrogen functional groups attached to an aromatic ring is 1. The number of rotatable bonds is 7. The molecule has 6 heteroatoms. The molecule has 0 aromatic heterocycles. The van der Waals surface area contributed by atoms with Gasteiger partial charge in [0.25, 0.3) is 5.91 Å². The van der Waals surface area contributed by atoms with E-state index in [1.54, 1.807) is 18.2 Å². The molecule has 1 rings (SSSR count). The number of hydrogen-bond donors (Lipinski definition) is 2. The van der Waals surface area contributed by atoms with Gasteiger partial charge in [-0.1, -0.05) is 15.9 Å². The molecule has 19 heavy (non-hydrogen) atoms. The SMILES string of the molecule is CCOC(CNC(=O)c1ccc(Br)cc1N)OCC. The van der Waals surface area contributed by atoms with Gasteiger partial charge < -0.3 is 20.5 Å². The highest BCUT2D eigenvalue weighted by Crippen LogP contribution is 2.18. The van der Waals surface area contributed by atoms with E-state index in [-0.39, 0.29) is 12.5 Å². The van der Waals surface area contributed by atoms with E-state index in [2.05, 4.69) is 21.2 Å². The third kappa shape index (κ3) is 5.18. The summed E-state index contributed by atoms with van der Waals surface area (Å²) in [6, 6.07) is 5.14. The lowest BCUT2D eigenvalue weighted by molar-refractivity contribution is -0.131. The van der Waals surface area contributed by atoms with Crippen LogP contribution in [0, 0.1) is 0 Å². The molecule has 0 fully saturated rings. The van der Waals surface area contributed by atoms with Crippen molar-refractivity contribution in [2.24, 2.45) is 0 Å². The third-order valence-corrected chi connectivity index (χ3v) is 2.89. The van der Waals surface area contributed by atoms with Crippen LogP contribution in [0.15, 0.2) is 22.7 Å². The average Bonchev–Trinajstić information content (AvgIpc) is 2.36. The third-order valence-electron chi connectivity index (χ3n) is 2.39. The Bertz CT molecular complexity index is 420. The highest BCUT2D eigenvalue weighted by Gasteiger charge is 2.13. The molecule has 0 bridgehead atoms. The van der Waals surface area contributed by atoms with E-state index in [0.717, 1.165) is 4.47 Å². The monoisotopic (exact) mass is 330 g/mol. The molecule has 1 aromatic rings. The van der Waals surface area contributed by atoms with Crippen molar-refractivity contribution in [1.29, 1.82) is 0 Å². The van der Waals surface area contributed by atoms with Gasteiger partial charge in [-0.25, -0.2) is 0 Å². The second-order valence-corrected chi connectivity index (χ2v) is 4.70. The molecule has 1 amide bonds. The molecular formula is C13H19BrN2O3. The fourth-order valence-corrected chi connectivity index (χ4v) is 1.93. The molecule has 0 heterocycles. The second kappa shape index (κ2) is 8.14. The maximum atomic E-state index is 12.0. The van der Waals surface area contributed by atoms with Gasteiger partial charge in [-0.15, -0.1) is 0 Å². The van der Waals surface area contributed by atoms with Crippen molar-refractivity contribution in [2.75, 3.05) is 25.5 Å². The van der Waals surface area contributed by atoms with Gasteiger partial charge in [0.15, 0.2) is 6.29 Å². The van der Waals surface area contributed by atoms with E-state index in [4.69, 9.17) is 15.2 Å². The minimum atomic E-state index is -0.435. The molecule has 1 aromatic carbocycles. The summed E-state index contributed by atoms with van der Waals surface area (Å²) < 4.78 is 11.5. The molecule has 0 spiro atoms. The van der Waals surface area contributed by atoms with Crippen molar-refractivity contribution in [3.8, 4) is 0 Å². The topological polar surface area (TPSA) is 73.6 Å². The molecule has 0 radical (unpaired) electrons. The van der Waals surface area contributed by atoms with E-state index in [0.29, 0.717) is 24.5 Å². The minimum absolute atomic E-state index is 0.241. The van der Waals surface area contributed by atoms with Crippen LogP contribution in [0.5, 0.6) is 0 Å². The van der Waals surface area contributed by atoms with E-state index >= 15 is 0 Å². The number of amides is 1. The maximum absolute atomic E-state index is 12.0. The second-order valence-electron chi connectivity index (χ2n) is 3.78. The smallest absolute Gasteiger partial charge is 0.253 e. The Balaban J connectivity index is 2.58. The maximum Gasteiger partial charge on any atom is 0.253 e. The molecule has 0 aliphatic rings. The van der Waals surface area contributed by atoms with Gasteiger partial charge in [-0.05, 0) is 32.0 Å². The van der Waals surface area contributed by atoms with Crippen molar-refractivity contribution >= 4 is 27.5 Å². The quantitative estimate of drug-likeness (QED) is 0.593. The summed E-state index contributed by atoms with van der Waals surface area (Å²) in [6.45, 7) is 5.10. The Morgan fingerprint density at radius 1 is 1.37 bits per heavy atom. The number of nitrogens with two attached hydrogens (primary N) is 1. The molecular weight excluding hydrogens is 312 g/mol. The zero-order valence-corrected chi connectivity index (χ0v) is 12.7. The molecule has 0 saturated carbocycles. The number of anilines is 1. The van der Waals surface area contributed by atoms with E-state index in [9.17, 15) is 4.79 Å². The van der Waals surface area contributed by atoms with Gasteiger partial charge in [0.05, 0.1) is 12.1 Å². The number of carbonyl (C=O) groups excluding carboxylic acids is 1. The number of hydrogen-bond acceptors (Lipinski definition) is 4.